The van der Waals surface area contributed by atoms with E-state index in [1.165, 1.54) is 0 Å². The van der Waals surface area contributed by atoms with Crippen LogP contribution < -0.4 is 10.2 Å². The predicted octanol–water partition coefficient (Wildman–Crippen LogP) is 2.33. The standard InChI is InChI=1S/C21H30N4O3/c1-21(2)9-18(22-11-15-3-4-16(13-26)28-15)17-12-23-20(24-19(17)10-21)25-7-5-14(27)6-8-25/h3-4,12,14,18,22,26-27H,5-11,13H2,1-2H3. The normalized spacial score (nSPS) is 22.3. The van der Waals surface area contributed by atoms with Crippen molar-refractivity contribution >= 4 is 5.95 Å². The van der Waals surface area contributed by atoms with Gasteiger partial charge in [-0.2, -0.15) is 0 Å². The van der Waals surface area contributed by atoms with Crippen LogP contribution in [0.4, 0.5) is 5.95 Å². The first kappa shape index (κ1) is 19.4. The van der Waals surface area contributed by atoms with E-state index in [2.05, 4.69) is 29.0 Å². The number of nitrogens with one attached hydrogen (secondary N) is 1. The Morgan fingerprint density at radius 1 is 1.25 bits per heavy atom. The zero-order chi connectivity index (χ0) is 19.7. The van der Waals surface area contributed by atoms with Crippen molar-refractivity contribution in [1.29, 1.82) is 0 Å². The van der Waals surface area contributed by atoms with Crippen molar-refractivity contribution in [3.63, 3.8) is 0 Å². The third-order valence-corrected chi connectivity index (χ3v) is 5.81. The first-order valence-corrected chi connectivity index (χ1v) is 10.1. The summed E-state index contributed by atoms with van der Waals surface area (Å²) in [6.45, 7) is 6.68. The first-order valence-electron chi connectivity index (χ1n) is 10.1. The summed E-state index contributed by atoms with van der Waals surface area (Å²) in [5.41, 5.74) is 2.42. The molecule has 1 atom stereocenters. The Bertz CT molecular complexity index is 812. The summed E-state index contributed by atoms with van der Waals surface area (Å²) >= 11 is 0. The van der Waals surface area contributed by atoms with Gasteiger partial charge in [0.15, 0.2) is 0 Å². The minimum absolute atomic E-state index is 0.0799. The second-order valence-electron chi connectivity index (χ2n) is 8.79. The zero-order valence-electron chi connectivity index (χ0n) is 16.7. The molecule has 152 valence electrons. The highest BCUT2D eigenvalue weighted by molar-refractivity contribution is 5.37. The Morgan fingerprint density at radius 2 is 2.00 bits per heavy atom. The molecule has 2 aromatic rings. The molecule has 28 heavy (non-hydrogen) atoms. The smallest absolute Gasteiger partial charge is 0.225 e. The molecule has 2 aliphatic rings. The van der Waals surface area contributed by atoms with E-state index in [-0.39, 0.29) is 24.2 Å². The van der Waals surface area contributed by atoms with Crippen LogP contribution in [0.25, 0.3) is 0 Å². The largest absolute Gasteiger partial charge is 0.462 e. The minimum atomic E-state index is -0.200. The van der Waals surface area contributed by atoms with E-state index in [1.807, 2.05) is 12.3 Å². The molecule has 1 aliphatic heterocycles. The molecule has 0 radical (unpaired) electrons. The molecule has 7 heteroatoms. The van der Waals surface area contributed by atoms with Gasteiger partial charge < -0.3 is 24.8 Å². The van der Waals surface area contributed by atoms with Crippen LogP contribution in [0.2, 0.25) is 0 Å². The fraction of sp³-hybridized carbons (Fsp3) is 0.619. The fourth-order valence-electron chi connectivity index (χ4n) is 4.26. The molecule has 0 aromatic carbocycles. The summed E-state index contributed by atoms with van der Waals surface area (Å²) in [4.78, 5) is 11.7. The molecule has 4 rings (SSSR count). The van der Waals surface area contributed by atoms with Crippen molar-refractivity contribution in [3.05, 3.63) is 41.1 Å². The molecule has 0 amide bonds. The second kappa shape index (κ2) is 7.81. The summed E-state index contributed by atoms with van der Waals surface area (Å²) < 4.78 is 5.60. The molecule has 0 saturated carbocycles. The topological polar surface area (TPSA) is 94.7 Å². The summed E-state index contributed by atoms with van der Waals surface area (Å²) in [7, 11) is 0. The van der Waals surface area contributed by atoms with Crippen LogP contribution in [-0.2, 0) is 19.6 Å². The summed E-state index contributed by atoms with van der Waals surface area (Å²) in [5.74, 6) is 2.18. The molecule has 1 fully saturated rings. The molecule has 1 aliphatic carbocycles. The summed E-state index contributed by atoms with van der Waals surface area (Å²) in [6.07, 6.45) is 5.25. The molecular weight excluding hydrogens is 356 g/mol. The third kappa shape index (κ3) is 4.21. The van der Waals surface area contributed by atoms with Crippen LogP contribution >= 0.6 is 0 Å². The highest BCUT2D eigenvalue weighted by atomic mass is 16.4. The number of rotatable bonds is 5. The highest BCUT2D eigenvalue weighted by Crippen LogP contribution is 2.40. The van der Waals surface area contributed by atoms with Crippen LogP contribution in [0.1, 0.15) is 61.9 Å². The maximum absolute atomic E-state index is 9.74. The van der Waals surface area contributed by atoms with E-state index in [0.29, 0.717) is 12.3 Å². The van der Waals surface area contributed by atoms with E-state index < -0.39 is 0 Å². The van der Waals surface area contributed by atoms with E-state index in [1.54, 1.807) is 6.07 Å². The van der Waals surface area contributed by atoms with Gasteiger partial charge in [-0.05, 0) is 43.2 Å². The van der Waals surface area contributed by atoms with Crippen LogP contribution in [0.3, 0.4) is 0 Å². The van der Waals surface area contributed by atoms with Crippen LogP contribution in [0.5, 0.6) is 0 Å². The molecule has 3 N–H and O–H groups in total. The van der Waals surface area contributed by atoms with Gasteiger partial charge >= 0.3 is 0 Å². The van der Waals surface area contributed by atoms with Crippen molar-refractivity contribution in [3.8, 4) is 0 Å². The maximum Gasteiger partial charge on any atom is 0.225 e. The monoisotopic (exact) mass is 386 g/mol. The lowest BCUT2D eigenvalue weighted by molar-refractivity contribution is 0.145. The molecule has 3 heterocycles. The molecule has 1 saturated heterocycles. The summed E-state index contributed by atoms with van der Waals surface area (Å²) in [5, 5.41) is 22.5. The Labute approximate surface area is 165 Å². The Balaban J connectivity index is 1.51. The van der Waals surface area contributed by atoms with E-state index in [4.69, 9.17) is 14.5 Å². The Hall–Kier alpha value is -1.96. The number of hydrogen-bond acceptors (Lipinski definition) is 7. The van der Waals surface area contributed by atoms with Crippen molar-refractivity contribution in [2.75, 3.05) is 18.0 Å². The lowest BCUT2D eigenvalue weighted by Crippen LogP contribution is -2.38. The van der Waals surface area contributed by atoms with Crippen LogP contribution in [-0.4, -0.2) is 39.4 Å². The first-order chi connectivity index (χ1) is 13.4. The van der Waals surface area contributed by atoms with Crippen molar-refractivity contribution in [2.24, 2.45) is 5.41 Å². The molecular formula is C21H30N4O3. The third-order valence-electron chi connectivity index (χ3n) is 5.81. The number of furan rings is 1. The average molecular weight is 386 g/mol. The van der Waals surface area contributed by atoms with E-state index in [0.717, 1.165) is 61.7 Å². The number of anilines is 1. The van der Waals surface area contributed by atoms with Gasteiger partial charge in [-0.1, -0.05) is 13.8 Å². The van der Waals surface area contributed by atoms with Gasteiger partial charge in [0.2, 0.25) is 5.95 Å². The Morgan fingerprint density at radius 3 is 2.71 bits per heavy atom. The number of fused-ring (bicyclic) bond motifs is 1. The predicted molar refractivity (Wildman–Crippen MR) is 106 cm³/mol. The number of aliphatic hydroxyl groups excluding tert-OH is 2. The molecule has 7 nitrogen and oxygen atoms in total. The van der Waals surface area contributed by atoms with Gasteiger partial charge in [0.25, 0.3) is 0 Å². The van der Waals surface area contributed by atoms with Gasteiger partial charge in [0.1, 0.15) is 18.1 Å². The lowest BCUT2D eigenvalue weighted by atomic mass is 9.74. The molecule has 2 aromatic heterocycles. The maximum atomic E-state index is 9.74. The van der Waals surface area contributed by atoms with E-state index >= 15 is 0 Å². The fourth-order valence-corrected chi connectivity index (χ4v) is 4.26. The highest BCUT2D eigenvalue weighted by Gasteiger charge is 2.34. The van der Waals surface area contributed by atoms with Crippen LogP contribution in [0, 0.1) is 5.41 Å². The second-order valence-corrected chi connectivity index (χ2v) is 8.79. The van der Waals surface area contributed by atoms with Crippen LogP contribution in [0.15, 0.2) is 22.7 Å². The lowest BCUT2D eigenvalue weighted by Gasteiger charge is -2.37. The summed E-state index contributed by atoms with van der Waals surface area (Å²) in [6, 6.07) is 3.87. The quantitative estimate of drug-likeness (QED) is 0.726. The average Bonchev–Trinajstić information content (AvgIpc) is 3.13. The van der Waals surface area contributed by atoms with Gasteiger partial charge in [0.05, 0.1) is 18.3 Å². The molecule has 0 bridgehead atoms. The number of aliphatic hydroxyl groups is 2. The Kier molecular flexibility index (Phi) is 5.40. The SMILES string of the molecule is CC1(C)Cc2nc(N3CCC(O)CC3)ncc2C(NCc2ccc(CO)o2)C1. The van der Waals surface area contributed by atoms with Gasteiger partial charge in [-0.3, -0.25) is 0 Å². The van der Waals surface area contributed by atoms with E-state index in [9.17, 15) is 5.11 Å². The number of hydrogen-bond donors (Lipinski definition) is 3. The number of piperidine rings is 1. The van der Waals surface area contributed by atoms with Gasteiger partial charge in [-0.15, -0.1) is 0 Å². The number of aromatic nitrogens is 2. The number of nitrogens with zero attached hydrogens (tertiary/aromatic N) is 3. The van der Waals surface area contributed by atoms with Gasteiger partial charge in [0, 0.05) is 30.9 Å². The van der Waals surface area contributed by atoms with Crippen molar-refractivity contribution < 1.29 is 14.6 Å². The van der Waals surface area contributed by atoms with Crippen molar-refractivity contribution in [1.82, 2.24) is 15.3 Å². The molecule has 1 unspecified atom stereocenters. The van der Waals surface area contributed by atoms with Gasteiger partial charge in [-0.25, -0.2) is 9.97 Å². The van der Waals surface area contributed by atoms with Crippen molar-refractivity contribution in [2.45, 2.75) is 64.8 Å². The minimum Gasteiger partial charge on any atom is -0.462 e. The zero-order valence-corrected chi connectivity index (χ0v) is 16.7. The molecule has 0 spiro atoms.